The number of ether oxygens (including phenoxy) is 2. The van der Waals surface area contributed by atoms with Crippen LogP contribution >= 0.6 is 11.6 Å². The van der Waals surface area contributed by atoms with Crippen molar-refractivity contribution in [1.29, 1.82) is 0 Å². The molecular weight excluding hydrogens is 362 g/mol. The van der Waals surface area contributed by atoms with Crippen LogP contribution in [0.25, 0.3) is 0 Å². The zero-order valence-corrected chi connectivity index (χ0v) is 15.9. The third-order valence-corrected chi connectivity index (χ3v) is 4.31. The topological polar surface area (TPSA) is 47.6 Å². The van der Waals surface area contributed by atoms with Gasteiger partial charge in [0.25, 0.3) is 5.91 Å². The smallest absolute Gasteiger partial charge is 0.255 e. The summed E-state index contributed by atoms with van der Waals surface area (Å²) in [5, 5.41) is 3.47. The van der Waals surface area contributed by atoms with Crippen molar-refractivity contribution in [3.63, 3.8) is 0 Å². The molecule has 3 aromatic carbocycles. The van der Waals surface area contributed by atoms with Crippen molar-refractivity contribution in [2.45, 2.75) is 13.5 Å². The number of amides is 1. The van der Waals surface area contributed by atoms with E-state index in [1.807, 2.05) is 31.2 Å². The van der Waals surface area contributed by atoms with Gasteiger partial charge in [-0.3, -0.25) is 4.79 Å². The highest BCUT2D eigenvalue weighted by molar-refractivity contribution is 6.30. The van der Waals surface area contributed by atoms with Crippen LogP contribution in [0.2, 0.25) is 5.02 Å². The standard InChI is InChI=1S/C22H20ClNO3/c1-15-3-10-20(11-4-15)27-14-17-13-16(5-12-21(17)26-2)22(25)24-19-8-6-18(23)7-9-19/h3-13H,14H2,1-2H3,(H,24,25). The summed E-state index contributed by atoms with van der Waals surface area (Å²) in [4.78, 5) is 12.5. The number of carbonyl (C=O) groups is 1. The second kappa shape index (κ2) is 8.60. The van der Waals surface area contributed by atoms with Gasteiger partial charge in [0.1, 0.15) is 18.1 Å². The Bertz CT molecular complexity index is 921. The van der Waals surface area contributed by atoms with Crippen LogP contribution in [-0.4, -0.2) is 13.0 Å². The number of nitrogens with one attached hydrogen (secondary N) is 1. The minimum atomic E-state index is -0.212. The largest absolute Gasteiger partial charge is 0.496 e. The van der Waals surface area contributed by atoms with E-state index in [0.29, 0.717) is 28.6 Å². The molecule has 0 aromatic heterocycles. The number of carbonyl (C=O) groups excluding carboxylic acids is 1. The van der Waals surface area contributed by atoms with Gasteiger partial charge in [-0.2, -0.15) is 0 Å². The van der Waals surface area contributed by atoms with E-state index >= 15 is 0 Å². The first kappa shape index (κ1) is 18.8. The molecule has 0 radical (unpaired) electrons. The molecule has 1 amide bonds. The summed E-state index contributed by atoms with van der Waals surface area (Å²) in [6.45, 7) is 2.32. The molecule has 4 nitrogen and oxygen atoms in total. The van der Waals surface area contributed by atoms with Gasteiger partial charge < -0.3 is 14.8 Å². The molecule has 0 saturated heterocycles. The fourth-order valence-corrected chi connectivity index (χ4v) is 2.69. The van der Waals surface area contributed by atoms with Gasteiger partial charge in [-0.15, -0.1) is 0 Å². The first-order valence-corrected chi connectivity index (χ1v) is 8.86. The van der Waals surface area contributed by atoms with Crippen LogP contribution in [0.5, 0.6) is 11.5 Å². The average molecular weight is 382 g/mol. The quantitative estimate of drug-likeness (QED) is 0.614. The maximum Gasteiger partial charge on any atom is 0.255 e. The monoisotopic (exact) mass is 381 g/mol. The molecule has 0 spiro atoms. The number of rotatable bonds is 6. The molecule has 0 aliphatic carbocycles. The summed E-state index contributed by atoms with van der Waals surface area (Å²) >= 11 is 5.87. The van der Waals surface area contributed by atoms with Gasteiger partial charge in [0.15, 0.2) is 0 Å². The van der Waals surface area contributed by atoms with Crippen LogP contribution < -0.4 is 14.8 Å². The van der Waals surface area contributed by atoms with Gasteiger partial charge in [-0.25, -0.2) is 0 Å². The Kier molecular flexibility index (Phi) is 5.99. The lowest BCUT2D eigenvalue weighted by Gasteiger charge is -2.12. The third-order valence-electron chi connectivity index (χ3n) is 4.06. The lowest BCUT2D eigenvalue weighted by atomic mass is 10.1. The molecule has 3 rings (SSSR count). The summed E-state index contributed by atoms with van der Waals surface area (Å²) in [5.74, 6) is 1.22. The number of methoxy groups -OCH3 is 1. The summed E-state index contributed by atoms with van der Waals surface area (Å²) < 4.78 is 11.2. The van der Waals surface area contributed by atoms with Gasteiger partial charge in [0.2, 0.25) is 0 Å². The molecular formula is C22H20ClNO3. The van der Waals surface area contributed by atoms with Gasteiger partial charge in [-0.1, -0.05) is 29.3 Å². The van der Waals surface area contributed by atoms with Crippen molar-refractivity contribution in [1.82, 2.24) is 0 Å². The van der Waals surface area contributed by atoms with E-state index in [2.05, 4.69) is 5.32 Å². The highest BCUT2D eigenvalue weighted by atomic mass is 35.5. The Morgan fingerprint density at radius 1 is 1.00 bits per heavy atom. The zero-order valence-electron chi connectivity index (χ0n) is 15.2. The van der Waals surface area contributed by atoms with Crippen molar-refractivity contribution in [2.24, 2.45) is 0 Å². The summed E-state index contributed by atoms with van der Waals surface area (Å²) in [6, 6.07) is 20.0. The molecule has 0 aliphatic heterocycles. The Balaban J connectivity index is 1.74. The number of hydrogen-bond donors (Lipinski definition) is 1. The van der Waals surface area contributed by atoms with Gasteiger partial charge in [0, 0.05) is 21.8 Å². The molecule has 138 valence electrons. The third kappa shape index (κ3) is 5.02. The number of hydrogen-bond acceptors (Lipinski definition) is 3. The van der Waals surface area contributed by atoms with Crippen molar-refractivity contribution in [3.8, 4) is 11.5 Å². The van der Waals surface area contributed by atoms with Crippen molar-refractivity contribution < 1.29 is 14.3 Å². The molecule has 0 saturated carbocycles. The summed E-state index contributed by atoms with van der Waals surface area (Å²) in [7, 11) is 1.60. The van der Waals surface area contributed by atoms with Crippen LogP contribution in [-0.2, 0) is 6.61 Å². The van der Waals surface area contributed by atoms with Gasteiger partial charge in [-0.05, 0) is 61.5 Å². The molecule has 5 heteroatoms. The summed E-state index contributed by atoms with van der Waals surface area (Å²) in [6.07, 6.45) is 0. The van der Waals surface area contributed by atoms with Crippen molar-refractivity contribution in [2.75, 3.05) is 12.4 Å². The SMILES string of the molecule is COc1ccc(C(=O)Nc2ccc(Cl)cc2)cc1COc1ccc(C)cc1. The molecule has 0 atom stereocenters. The van der Waals surface area contributed by atoms with Crippen molar-refractivity contribution >= 4 is 23.2 Å². The number of aryl methyl sites for hydroxylation is 1. The maximum atomic E-state index is 12.5. The van der Waals surface area contributed by atoms with E-state index in [9.17, 15) is 4.79 Å². The molecule has 27 heavy (non-hydrogen) atoms. The van der Waals surface area contributed by atoms with Crippen LogP contribution in [0.4, 0.5) is 5.69 Å². The van der Waals surface area contributed by atoms with Crippen LogP contribution in [0.1, 0.15) is 21.5 Å². The number of halogens is 1. The fourth-order valence-electron chi connectivity index (χ4n) is 2.56. The fraction of sp³-hybridized carbons (Fsp3) is 0.136. The molecule has 0 unspecified atom stereocenters. The Morgan fingerprint density at radius 2 is 1.70 bits per heavy atom. The van der Waals surface area contributed by atoms with Gasteiger partial charge in [0.05, 0.1) is 7.11 Å². The first-order chi connectivity index (χ1) is 13.0. The minimum absolute atomic E-state index is 0.212. The van der Waals surface area contributed by atoms with Gasteiger partial charge >= 0.3 is 0 Å². The highest BCUT2D eigenvalue weighted by Crippen LogP contribution is 2.23. The Labute approximate surface area is 163 Å². The van der Waals surface area contributed by atoms with E-state index in [-0.39, 0.29) is 5.91 Å². The lowest BCUT2D eigenvalue weighted by Crippen LogP contribution is -2.12. The normalized spacial score (nSPS) is 10.3. The van der Waals surface area contributed by atoms with Crippen LogP contribution in [0.15, 0.2) is 66.7 Å². The highest BCUT2D eigenvalue weighted by Gasteiger charge is 2.11. The predicted molar refractivity (Wildman–Crippen MR) is 108 cm³/mol. The zero-order chi connectivity index (χ0) is 19.2. The Hall–Kier alpha value is -2.98. The molecule has 0 heterocycles. The molecule has 0 fully saturated rings. The molecule has 3 aromatic rings. The minimum Gasteiger partial charge on any atom is -0.496 e. The predicted octanol–water partition coefficient (Wildman–Crippen LogP) is 5.49. The van der Waals surface area contributed by atoms with Crippen molar-refractivity contribution in [3.05, 3.63) is 88.4 Å². The number of benzene rings is 3. The maximum absolute atomic E-state index is 12.5. The van der Waals surface area contributed by atoms with E-state index in [0.717, 1.165) is 11.3 Å². The lowest BCUT2D eigenvalue weighted by molar-refractivity contribution is 0.102. The Morgan fingerprint density at radius 3 is 2.37 bits per heavy atom. The molecule has 1 N–H and O–H groups in total. The van der Waals surface area contributed by atoms with E-state index < -0.39 is 0 Å². The average Bonchev–Trinajstić information content (AvgIpc) is 2.69. The first-order valence-electron chi connectivity index (χ1n) is 8.48. The second-order valence-corrected chi connectivity index (χ2v) is 6.53. The molecule has 0 bridgehead atoms. The van der Waals surface area contributed by atoms with Crippen LogP contribution in [0.3, 0.4) is 0 Å². The van der Waals surface area contributed by atoms with E-state index in [1.54, 1.807) is 49.6 Å². The summed E-state index contributed by atoms with van der Waals surface area (Å²) in [5.41, 5.74) is 3.16. The van der Waals surface area contributed by atoms with E-state index in [1.165, 1.54) is 5.56 Å². The molecule has 0 aliphatic rings. The van der Waals surface area contributed by atoms with Crippen LogP contribution in [0, 0.1) is 6.92 Å². The second-order valence-electron chi connectivity index (χ2n) is 6.09. The van der Waals surface area contributed by atoms with E-state index in [4.69, 9.17) is 21.1 Å². The number of anilines is 1.